The molecule has 0 saturated carbocycles. The van der Waals surface area contributed by atoms with Gasteiger partial charge in [-0.3, -0.25) is 9.59 Å². The highest BCUT2D eigenvalue weighted by Gasteiger charge is 2.35. The van der Waals surface area contributed by atoms with Crippen LogP contribution in [0.2, 0.25) is 0 Å². The number of carboxylic acids is 1. The maximum Gasteiger partial charge on any atom is 0.305 e. The van der Waals surface area contributed by atoms with E-state index in [0.29, 0.717) is 18.5 Å². The third-order valence-electron chi connectivity index (χ3n) is 5.82. The Hall–Kier alpha value is -3.12. The second-order valence-electron chi connectivity index (χ2n) is 8.71. The SMILES string of the molecule is CC1(Cc2ccc(Br)cc2)Cc2cc(C(=O)N(CCC(=O)O)Cc3ccccc3)ccc2O1. The number of carbonyl (C=O) groups is 2. The van der Waals surface area contributed by atoms with Gasteiger partial charge in [-0.1, -0.05) is 58.4 Å². The first-order valence-electron chi connectivity index (χ1n) is 10.9. The molecule has 0 fully saturated rings. The second-order valence-corrected chi connectivity index (χ2v) is 9.63. The molecule has 0 saturated heterocycles. The van der Waals surface area contributed by atoms with E-state index in [2.05, 4.69) is 35.0 Å². The minimum atomic E-state index is -0.924. The molecule has 5 nitrogen and oxygen atoms in total. The van der Waals surface area contributed by atoms with Gasteiger partial charge in [-0.15, -0.1) is 0 Å². The Balaban J connectivity index is 1.51. The van der Waals surface area contributed by atoms with Gasteiger partial charge in [0.25, 0.3) is 5.91 Å². The Labute approximate surface area is 202 Å². The molecule has 1 heterocycles. The molecular weight excluding hydrogens is 482 g/mol. The summed E-state index contributed by atoms with van der Waals surface area (Å²) in [6.07, 6.45) is 1.36. The molecule has 6 heteroatoms. The molecule has 0 aliphatic carbocycles. The van der Waals surface area contributed by atoms with Crippen molar-refractivity contribution in [2.75, 3.05) is 6.54 Å². The standard InChI is InChI=1S/C27H26BrNO4/c1-27(16-19-7-10-23(28)11-8-19)17-22-15-21(9-12-24(22)33-27)26(32)29(14-13-25(30)31)18-20-5-3-2-4-6-20/h2-12,15H,13-14,16-18H2,1H3,(H,30,31). The number of nitrogens with zero attached hydrogens (tertiary/aromatic N) is 1. The van der Waals surface area contributed by atoms with Gasteiger partial charge in [0, 0.05) is 36.0 Å². The van der Waals surface area contributed by atoms with Crippen molar-refractivity contribution in [2.24, 2.45) is 0 Å². The van der Waals surface area contributed by atoms with Gasteiger partial charge < -0.3 is 14.7 Å². The van der Waals surface area contributed by atoms with Crippen LogP contribution in [0.5, 0.6) is 5.75 Å². The summed E-state index contributed by atoms with van der Waals surface area (Å²) < 4.78 is 7.32. The van der Waals surface area contributed by atoms with E-state index in [1.54, 1.807) is 11.0 Å². The minimum Gasteiger partial charge on any atom is -0.487 e. The van der Waals surface area contributed by atoms with Crippen LogP contribution >= 0.6 is 15.9 Å². The van der Waals surface area contributed by atoms with Crippen LogP contribution in [0.1, 0.15) is 40.4 Å². The van der Waals surface area contributed by atoms with Crippen LogP contribution in [0.15, 0.2) is 77.3 Å². The van der Waals surface area contributed by atoms with Crippen molar-refractivity contribution in [3.05, 3.63) is 99.5 Å². The predicted molar refractivity (Wildman–Crippen MR) is 130 cm³/mol. The number of benzene rings is 3. The first-order chi connectivity index (χ1) is 15.8. The van der Waals surface area contributed by atoms with Gasteiger partial charge in [0.1, 0.15) is 11.4 Å². The van der Waals surface area contributed by atoms with E-state index in [1.165, 1.54) is 5.56 Å². The number of rotatable bonds is 8. The number of aliphatic carboxylic acids is 1. The first kappa shape index (κ1) is 23.1. The van der Waals surface area contributed by atoms with E-state index in [0.717, 1.165) is 27.8 Å². The van der Waals surface area contributed by atoms with Crippen LogP contribution in [-0.4, -0.2) is 34.0 Å². The van der Waals surface area contributed by atoms with Crippen molar-refractivity contribution in [1.29, 1.82) is 0 Å². The summed E-state index contributed by atoms with van der Waals surface area (Å²) in [6, 6.07) is 23.3. The monoisotopic (exact) mass is 507 g/mol. The molecule has 1 atom stereocenters. The molecule has 3 aromatic carbocycles. The average molecular weight is 508 g/mol. The smallest absolute Gasteiger partial charge is 0.305 e. The lowest BCUT2D eigenvalue weighted by Crippen LogP contribution is -2.33. The zero-order valence-corrected chi connectivity index (χ0v) is 20.0. The fraction of sp³-hybridized carbons (Fsp3) is 0.259. The summed E-state index contributed by atoms with van der Waals surface area (Å²) in [4.78, 5) is 26.1. The molecule has 0 radical (unpaired) electrons. The zero-order valence-electron chi connectivity index (χ0n) is 18.5. The van der Waals surface area contributed by atoms with Gasteiger partial charge in [-0.25, -0.2) is 0 Å². The van der Waals surface area contributed by atoms with Crippen molar-refractivity contribution >= 4 is 27.8 Å². The molecule has 1 aliphatic rings. The summed E-state index contributed by atoms with van der Waals surface area (Å²) in [6.45, 7) is 2.60. The summed E-state index contributed by atoms with van der Waals surface area (Å²) in [7, 11) is 0. The molecule has 0 aromatic heterocycles. The van der Waals surface area contributed by atoms with Crippen molar-refractivity contribution in [3.63, 3.8) is 0 Å². The van der Waals surface area contributed by atoms with Crippen molar-refractivity contribution in [1.82, 2.24) is 4.90 Å². The zero-order chi connectivity index (χ0) is 23.4. The Bertz CT molecular complexity index is 1150. The summed E-state index contributed by atoms with van der Waals surface area (Å²) in [5.41, 5.74) is 3.31. The Kier molecular flexibility index (Phi) is 6.84. The van der Waals surface area contributed by atoms with Crippen molar-refractivity contribution in [2.45, 2.75) is 38.3 Å². The van der Waals surface area contributed by atoms with Gasteiger partial charge in [-0.05, 0) is 53.9 Å². The van der Waals surface area contributed by atoms with E-state index in [9.17, 15) is 9.59 Å². The van der Waals surface area contributed by atoms with Gasteiger partial charge >= 0.3 is 5.97 Å². The number of amides is 1. The topological polar surface area (TPSA) is 66.8 Å². The van der Waals surface area contributed by atoms with Crippen LogP contribution in [0.3, 0.4) is 0 Å². The van der Waals surface area contributed by atoms with E-state index in [-0.39, 0.29) is 24.5 Å². The minimum absolute atomic E-state index is 0.0993. The van der Waals surface area contributed by atoms with E-state index >= 15 is 0 Å². The van der Waals surface area contributed by atoms with Crippen molar-refractivity contribution in [3.8, 4) is 5.75 Å². The molecule has 1 N–H and O–H groups in total. The molecule has 1 aliphatic heterocycles. The summed E-state index contributed by atoms with van der Waals surface area (Å²) in [5, 5.41) is 9.14. The van der Waals surface area contributed by atoms with Crippen molar-refractivity contribution < 1.29 is 19.4 Å². The van der Waals surface area contributed by atoms with Gasteiger partial charge in [0.2, 0.25) is 0 Å². The molecule has 3 aromatic rings. The number of ether oxygens (including phenoxy) is 1. The lowest BCUT2D eigenvalue weighted by molar-refractivity contribution is -0.137. The van der Waals surface area contributed by atoms with E-state index in [4.69, 9.17) is 9.84 Å². The van der Waals surface area contributed by atoms with Gasteiger partial charge in [0.05, 0.1) is 6.42 Å². The molecule has 170 valence electrons. The summed E-state index contributed by atoms with van der Waals surface area (Å²) >= 11 is 3.47. The van der Waals surface area contributed by atoms with Crippen LogP contribution in [-0.2, 0) is 24.2 Å². The Morgan fingerprint density at radius 1 is 1.03 bits per heavy atom. The Morgan fingerprint density at radius 2 is 1.76 bits per heavy atom. The van der Waals surface area contributed by atoms with Gasteiger partial charge in [0.15, 0.2) is 0 Å². The number of halogens is 1. The number of fused-ring (bicyclic) bond motifs is 1. The number of carbonyl (C=O) groups excluding carboxylic acids is 1. The van der Waals surface area contributed by atoms with Crippen LogP contribution < -0.4 is 4.74 Å². The van der Waals surface area contributed by atoms with E-state index < -0.39 is 5.97 Å². The normalized spacial score (nSPS) is 16.7. The summed E-state index contributed by atoms with van der Waals surface area (Å²) in [5.74, 6) is -0.303. The highest BCUT2D eigenvalue weighted by molar-refractivity contribution is 9.10. The third-order valence-corrected chi connectivity index (χ3v) is 6.35. The molecule has 0 spiro atoms. The predicted octanol–water partition coefficient (Wildman–Crippen LogP) is 5.50. The fourth-order valence-corrected chi connectivity index (χ4v) is 4.52. The molecule has 33 heavy (non-hydrogen) atoms. The Morgan fingerprint density at radius 3 is 2.45 bits per heavy atom. The lowest BCUT2D eigenvalue weighted by Gasteiger charge is -2.24. The first-order valence-corrected chi connectivity index (χ1v) is 11.7. The molecule has 1 unspecified atom stereocenters. The van der Waals surface area contributed by atoms with Crippen LogP contribution in [0, 0.1) is 0 Å². The number of hydrogen-bond donors (Lipinski definition) is 1. The molecular formula is C27H26BrNO4. The molecule has 0 bridgehead atoms. The third kappa shape index (κ3) is 5.82. The van der Waals surface area contributed by atoms with Crippen LogP contribution in [0.25, 0.3) is 0 Å². The molecule has 4 rings (SSSR count). The highest BCUT2D eigenvalue weighted by atomic mass is 79.9. The number of hydrogen-bond acceptors (Lipinski definition) is 3. The maximum absolute atomic E-state index is 13.3. The van der Waals surface area contributed by atoms with Crippen LogP contribution in [0.4, 0.5) is 0 Å². The maximum atomic E-state index is 13.3. The van der Waals surface area contributed by atoms with E-state index in [1.807, 2.05) is 54.6 Å². The average Bonchev–Trinajstić information content (AvgIpc) is 3.13. The molecule has 1 amide bonds. The second kappa shape index (κ2) is 9.79. The number of carboxylic acid groups (broad SMARTS) is 1. The largest absolute Gasteiger partial charge is 0.487 e. The fourth-order valence-electron chi connectivity index (χ4n) is 4.26. The van der Waals surface area contributed by atoms with Gasteiger partial charge in [-0.2, -0.15) is 0 Å². The quantitative estimate of drug-likeness (QED) is 0.436. The lowest BCUT2D eigenvalue weighted by atomic mass is 9.91. The highest BCUT2D eigenvalue weighted by Crippen LogP contribution is 2.37.